The van der Waals surface area contributed by atoms with Crippen molar-refractivity contribution in [3.05, 3.63) is 34.9 Å². The average Bonchev–Trinajstić information content (AvgIpc) is 2.44. The Labute approximate surface area is 127 Å². The molecule has 1 aromatic rings. The van der Waals surface area contributed by atoms with Gasteiger partial charge in [-0.15, -0.1) is 0 Å². The van der Waals surface area contributed by atoms with Crippen LogP contribution in [0.25, 0.3) is 0 Å². The molecule has 0 saturated carbocycles. The van der Waals surface area contributed by atoms with Gasteiger partial charge in [0.25, 0.3) is 0 Å². The van der Waals surface area contributed by atoms with E-state index in [1.165, 1.54) is 0 Å². The Morgan fingerprint density at radius 3 is 2.50 bits per heavy atom. The zero-order chi connectivity index (χ0) is 14.8. The quantitative estimate of drug-likeness (QED) is 0.650. The Balaban J connectivity index is 2.71. The number of methoxy groups -OCH3 is 1. The molecule has 0 bridgehead atoms. The van der Waals surface area contributed by atoms with Crippen molar-refractivity contribution >= 4 is 11.6 Å². The molecule has 1 rings (SSSR count). The fraction of sp³-hybridized carbons (Fsp3) is 0.625. The lowest BCUT2D eigenvalue weighted by molar-refractivity contribution is 0.0121. The summed E-state index contributed by atoms with van der Waals surface area (Å²) in [5, 5.41) is 11.7. The molecular formula is C16H26ClNO2. The minimum atomic E-state index is -0.812. The number of nitrogens with two attached hydrogens (primary N) is 1. The Morgan fingerprint density at radius 1 is 1.20 bits per heavy atom. The molecule has 0 amide bonds. The Bertz CT molecular complexity index is 386. The highest BCUT2D eigenvalue weighted by atomic mass is 35.5. The van der Waals surface area contributed by atoms with Crippen LogP contribution in [0.4, 0.5) is 0 Å². The largest absolute Gasteiger partial charge is 0.385 e. The van der Waals surface area contributed by atoms with Gasteiger partial charge in [0.05, 0.1) is 5.60 Å². The number of aliphatic hydroxyl groups is 1. The van der Waals surface area contributed by atoms with E-state index in [1.807, 2.05) is 24.3 Å². The van der Waals surface area contributed by atoms with Crippen LogP contribution in [0.3, 0.4) is 0 Å². The number of rotatable bonds is 10. The lowest BCUT2D eigenvalue weighted by atomic mass is 9.84. The molecule has 0 spiro atoms. The van der Waals surface area contributed by atoms with Crippen LogP contribution in [0.5, 0.6) is 0 Å². The standard InChI is InChI=1S/C16H26ClNO2/c1-20-12-5-3-10-16(19,9-2-4-11-18)14-7-6-8-15(17)13-14/h6-8,13,19H,2-5,9-12,18H2,1H3/t16-/m1/s1. The molecule has 0 aromatic heterocycles. The molecule has 0 aliphatic carbocycles. The summed E-state index contributed by atoms with van der Waals surface area (Å²) >= 11 is 6.04. The first-order valence-corrected chi connectivity index (χ1v) is 7.67. The van der Waals surface area contributed by atoms with Gasteiger partial charge in [-0.05, 0) is 62.8 Å². The fourth-order valence-corrected chi connectivity index (χ4v) is 2.61. The maximum Gasteiger partial charge on any atom is 0.0897 e. The summed E-state index contributed by atoms with van der Waals surface area (Å²) in [6.07, 6.45) is 5.18. The summed E-state index contributed by atoms with van der Waals surface area (Å²) in [7, 11) is 1.70. The van der Waals surface area contributed by atoms with Crippen LogP contribution in [-0.4, -0.2) is 25.4 Å². The Morgan fingerprint density at radius 2 is 1.90 bits per heavy atom. The van der Waals surface area contributed by atoms with Crippen LogP contribution in [0, 0.1) is 0 Å². The molecule has 0 radical (unpaired) electrons. The third kappa shape index (κ3) is 5.80. The summed E-state index contributed by atoms with van der Waals surface area (Å²) < 4.78 is 5.06. The average molecular weight is 300 g/mol. The first kappa shape index (κ1) is 17.4. The van der Waals surface area contributed by atoms with Gasteiger partial charge in [-0.3, -0.25) is 0 Å². The number of unbranched alkanes of at least 4 members (excludes halogenated alkanes) is 2. The minimum absolute atomic E-state index is 0.662. The van der Waals surface area contributed by atoms with Crippen molar-refractivity contribution in [3.8, 4) is 0 Å². The summed E-state index contributed by atoms with van der Waals surface area (Å²) in [6, 6.07) is 7.53. The number of hydrogen-bond acceptors (Lipinski definition) is 3. The van der Waals surface area contributed by atoms with Gasteiger partial charge in [0.1, 0.15) is 0 Å². The molecule has 1 aromatic carbocycles. The molecule has 0 aliphatic rings. The predicted octanol–water partition coefficient (Wildman–Crippen LogP) is 3.47. The molecule has 0 saturated heterocycles. The molecule has 3 N–H and O–H groups in total. The number of halogens is 1. The molecule has 114 valence electrons. The smallest absolute Gasteiger partial charge is 0.0897 e. The predicted molar refractivity (Wildman–Crippen MR) is 84.0 cm³/mol. The van der Waals surface area contributed by atoms with Gasteiger partial charge in [0, 0.05) is 18.7 Å². The van der Waals surface area contributed by atoms with Crippen LogP contribution in [0.15, 0.2) is 24.3 Å². The SMILES string of the molecule is COCCCC[C@](O)(CCCCN)c1cccc(Cl)c1. The van der Waals surface area contributed by atoms with E-state index in [1.54, 1.807) is 7.11 Å². The van der Waals surface area contributed by atoms with Gasteiger partial charge < -0.3 is 15.6 Å². The minimum Gasteiger partial charge on any atom is -0.385 e. The summed E-state index contributed by atoms with van der Waals surface area (Å²) in [4.78, 5) is 0. The van der Waals surface area contributed by atoms with E-state index < -0.39 is 5.60 Å². The highest BCUT2D eigenvalue weighted by molar-refractivity contribution is 6.30. The fourth-order valence-electron chi connectivity index (χ4n) is 2.42. The monoisotopic (exact) mass is 299 g/mol. The first-order valence-electron chi connectivity index (χ1n) is 7.30. The maximum absolute atomic E-state index is 11.0. The van der Waals surface area contributed by atoms with E-state index in [4.69, 9.17) is 22.1 Å². The summed E-state index contributed by atoms with van der Waals surface area (Å²) in [5.41, 5.74) is 5.63. The molecular weight excluding hydrogens is 274 g/mol. The summed E-state index contributed by atoms with van der Waals surface area (Å²) in [5.74, 6) is 0. The molecule has 4 heteroatoms. The molecule has 0 unspecified atom stereocenters. The lowest BCUT2D eigenvalue weighted by Crippen LogP contribution is -2.26. The van der Waals surface area contributed by atoms with Gasteiger partial charge >= 0.3 is 0 Å². The van der Waals surface area contributed by atoms with Gasteiger partial charge in [0.2, 0.25) is 0 Å². The van der Waals surface area contributed by atoms with E-state index in [0.29, 0.717) is 11.6 Å². The Hall–Kier alpha value is -0.610. The van der Waals surface area contributed by atoms with Crippen LogP contribution >= 0.6 is 11.6 Å². The third-order valence-corrected chi connectivity index (χ3v) is 3.83. The molecule has 0 aliphatic heterocycles. The second kappa shape index (κ2) is 9.35. The molecule has 0 heterocycles. The zero-order valence-electron chi connectivity index (χ0n) is 12.3. The third-order valence-electron chi connectivity index (χ3n) is 3.60. The zero-order valence-corrected chi connectivity index (χ0v) is 13.0. The number of benzene rings is 1. The normalized spacial score (nSPS) is 14.2. The van der Waals surface area contributed by atoms with Crippen LogP contribution in [0.2, 0.25) is 5.02 Å². The van der Waals surface area contributed by atoms with Crippen LogP contribution in [-0.2, 0) is 10.3 Å². The number of hydrogen-bond donors (Lipinski definition) is 2. The second-order valence-corrected chi connectivity index (χ2v) is 5.67. The van der Waals surface area contributed by atoms with Gasteiger partial charge in [-0.25, -0.2) is 0 Å². The molecule has 0 fully saturated rings. The van der Waals surface area contributed by atoms with Crippen molar-refractivity contribution in [3.63, 3.8) is 0 Å². The van der Waals surface area contributed by atoms with E-state index in [-0.39, 0.29) is 0 Å². The maximum atomic E-state index is 11.0. The van der Waals surface area contributed by atoms with Crippen molar-refractivity contribution < 1.29 is 9.84 Å². The van der Waals surface area contributed by atoms with E-state index in [2.05, 4.69) is 0 Å². The van der Waals surface area contributed by atoms with Crippen LogP contribution < -0.4 is 5.73 Å². The molecule has 20 heavy (non-hydrogen) atoms. The topological polar surface area (TPSA) is 55.5 Å². The highest BCUT2D eigenvalue weighted by Gasteiger charge is 2.28. The van der Waals surface area contributed by atoms with Crippen molar-refractivity contribution in [1.29, 1.82) is 0 Å². The van der Waals surface area contributed by atoms with Crippen molar-refractivity contribution in [1.82, 2.24) is 0 Å². The van der Waals surface area contributed by atoms with Crippen molar-refractivity contribution in [2.24, 2.45) is 5.73 Å². The second-order valence-electron chi connectivity index (χ2n) is 5.24. The highest BCUT2D eigenvalue weighted by Crippen LogP contribution is 2.33. The van der Waals surface area contributed by atoms with Gasteiger partial charge in [0.15, 0.2) is 0 Å². The Kier molecular flexibility index (Phi) is 8.15. The number of ether oxygens (including phenoxy) is 1. The van der Waals surface area contributed by atoms with Crippen molar-refractivity contribution in [2.45, 2.75) is 44.1 Å². The van der Waals surface area contributed by atoms with E-state index in [0.717, 1.165) is 50.7 Å². The van der Waals surface area contributed by atoms with Gasteiger partial charge in [-0.2, -0.15) is 0 Å². The van der Waals surface area contributed by atoms with E-state index >= 15 is 0 Å². The van der Waals surface area contributed by atoms with Gasteiger partial charge in [-0.1, -0.05) is 23.7 Å². The molecule has 3 nitrogen and oxygen atoms in total. The molecule has 1 atom stereocenters. The van der Waals surface area contributed by atoms with E-state index in [9.17, 15) is 5.11 Å². The summed E-state index contributed by atoms with van der Waals surface area (Å²) in [6.45, 7) is 1.39. The first-order chi connectivity index (χ1) is 9.62. The van der Waals surface area contributed by atoms with Crippen LogP contribution in [0.1, 0.15) is 44.1 Å². The van der Waals surface area contributed by atoms with Crippen molar-refractivity contribution in [2.75, 3.05) is 20.3 Å². The lowest BCUT2D eigenvalue weighted by Gasteiger charge is -2.29.